The molecule has 0 aliphatic heterocycles. The number of ether oxygens (including phenoxy) is 2. The van der Waals surface area contributed by atoms with Gasteiger partial charge in [-0.25, -0.2) is 5.43 Å². The van der Waals surface area contributed by atoms with Crippen LogP contribution >= 0.6 is 11.6 Å². The van der Waals surface area contributed by atoms with E-state index in [0.717, 1.165) is 0 Å². The smallest absolute Gasteiger partial charge is 0.271 e. The molecule has 154 valence electrons. The van der Waals surface area contributed by atoms with Crippen LogP contribution in [-0.4, -0.2) is 31.3 Å². The third-order valence-corrected chi connectivity index (χ3v) is 4.34. The van der Waals surface area contributed by atoms with E-state index in [0.29, 0.717) is 34.1 Å². The number of hydrogen-bond acceptors (Lipinski definition) is 7. The second-order valence-electron chi connectivity index (χ2n) is 5.92. The average molecular weight is 430 g/mol. The average Bonchev–Trinajstić information content (AvgIpc) is 3.21. The van der Waals surface area contributed by atoms with Gasteiger partial charge in [-0.15, -0.1) is 0 Å². The second kappa shape index (κ2) is 9.10. The Bertz CT molecular complexity index is 1100. The van der Waals surface area contributed by atoms with Gasteiger partial charge in [-0.2, -0.15) is 5.10 Å². The number of hydrogen-bond donors (Lipinski definition) is 1. The van der Waals surface area contributed by atoms with Gasteiger partial charge < -0.3 is 13.9 Å². The number of non-ortho nitro benzene ring substituents is 1. The summed E-state index contributed by atoms with van der Waals surface area (Å²) >= 11 is 6.10. The Balaban J connectivity index is 1.71. The Morgan fingerprint density at radius 3 is 2.43 bits per heavy atom. The number of rotatable bonds is 7. The van der Waals surface area contributed by atoms with Crippen molar-refractivity contribution in [2.75, 3.05) is 14.2 Å². The number of carbonyl (C=O) groups is 1. The van der Waals surface area contributed by atoms with Crippen LogP contribution in [-0.2, 0) is 0 Å². The maximum Gasteiger partial charge on any atom is 0.271 e. The van der Waals surface area contributed by atoms with Crippen molar-refractivity contribution < 1.29 is 23.6 Å². The van der Waals surface area contributed by atoms with Crippen molar-refractivity contribution in [1.82, 2.24) is 5.43 Å². The molecule has 3 rings (SSSR count). The molecule has 0 radical (unpaired) electrons. The first-order valence-electron chi connectivity index (χ1n) is 8.52. The van der Waals surface area contributed by atoms with E-state index in [2.05, 4.69) is 10.5 Å². The van der Waals surface area contributed by atoms with Gasteiger partial charge in [-0.1, -0.05) is 11.6 Å². The highest BCUT2D eigenvalue weighted by atomic mass is 35.5. The van der Waals surface area contributed by atoms with Crippen molar-refractivity contribution in [2.45, 2.75) is 0 Å². The van der Waals surface area contributed by atoms with E-state index in [9.17, 15) is 14.9 Å². The minimum Gasteiger partial charge on any atom is -0.497 e. The molecular weight excluding hydrogens is 414 g/mol. The van der Waals surface area contributed by atoms with Crippen molar-refractivity contribution >= 4 is 29.4 Å². The number of benzene rings is 2. The van der Waals surface area contributed by atoms with E-state index in [1.54, 1.807) is 30.3 Å². The predicted molar refractivity (Wildman–Crippen MR) is 110 cm³/mol. The topological polar surface area (TPSA) is 116 Å². The van der Waals surface area contributed by atoms with E-state index in [1.807, 2.05) is 0 Å². The number of nitro groups is 1. The maximum atomic E-state index is 12.3. The zero-order chi connectivity index (χ0) is 21.7. The first-order chi connectivity index (χ1) is 14.4. The fourth-order valence-corrected chi connectivity index (χ4v) is 2.81. The minimum atomic E-state index is -0.531. The highest BCUT2D eigenvalue weighted by Crippen LogP contribution is 2.32. The van der Waals surface area contributed by atoms with Crippen molar-refractivity contribution in [3.05, 3.63) is 75.0 Å². The Morgan fingerprint density at radius 2 is 1.83 bits per heavy atom. The molecule has 0 spiro atoms. The van der Waals surface area contributed by atoms with Crippen LogP contribution in [0, 0.1) is 10.1 Å². The van der Waals surface area contributed by atoms with Crippen LogP contribution in [0.5, 0.6) is 11.5 Å². The van der Waals surface area contributed by atoms with Gasteiger partial charge in [0.15, 0.2) is 0 Å². The van der Waals surface area contributed by atoms with Gasteiger partial charge in [0.25, 0.3) is 11.6 Å². The molecular formula is C20H16ClN3O6. The van der Waals surface area contributed by atoms with Crippen LogP contribution < -0.4 is 14.9 Å². The molecule has 10 heteroatoms. The Morgan fingerprint density at radius 1 is 1.13 bits per heavy atom. The highest BCUT2D eigenvalue weighted by molar-refractivity contribution is 6.33. The summed E-state index contributed by atoms with van der Waals surface area (Å²) in [6, 6.07) is 12.1. The number of methoxy groups -OCH3 is 2. The summed E-state index contributed by atoms with van der Waals surface area (Å²) in [5.41, 5.74) is 3.07. The SMILES string of the molecule is COc1cc(OC)cc(C(=O)NN=Cc2ccc(-c3ccc([N+](=O)[O-])cc3Cl)o2)c1. The third kappa shape index (κ3) is 4.76. The molecule has 1 amide bonds. The van der Waals surface area contributed by atoms with Crippen molar-refractivity contribution in [2.24, 2.45) is 5.10 Å². The third-order valence-electron chi connectivity index (χ3n) is 4.03. The summed E-state index contributed by atoms with van der Waals surface area (Å²) < 4.78 is 15.9. The van der Waals surface area contributed by atoms with Gasteiger partial charge in [-0.05, 0) is 30.3 Å². The summed E-state index contributed by atoms with van der Waals surface area (Å²) in [6.45, 7) is 0. The molecule has 9 nitrogen and oxygen atoms in total. The number of furan rings is 1. The first-order valence-corrected chi connectivity index (χ1v) is 8.89. The number of carbonyl (C=O) groups excluding carboxylic acids is 1. The Kier molecular flexibility index (Phi) is 6.33. The van der Waals surface area contributed by atoms with Crippen molar-refractivity contribution in [3.8, 4) is 22.8 Å². The second-order valence-corrected chi connectivity index (χ2v) is 6.33. The molecule has 0 saturated heterocycles. The van der Waals surface area contributed by atoms with Gasteiger partial charge in [0.05, 0.1) is 30.4 Å². The summed E-state index contributed by atoms with van der Waals surface area (Å²) in [4.78, 5) is 22.6. The number of hydrazone groups is 1. The number of amides is 1. The van der Waals surface area contributed by atoms with Gasteiger partial charge >= 0.3 is 0 Å². The lowest BCUT2D eigenvalue weighted by molar-refractivity contribution is -0.384. The molecule has 0 aliphatic rings. The Labute approximate surface area is 176 Å². The van der Waals surface area contributed by atoms with Crippen LogP contribution in [0.15, 0.2) is 58.0 Å². The monoisotopic (exact) mass is 429 g/mol. The molecule has 0 aliphatic carbocycles. The molecule has 0 bridgehead atoms. The largest absolute Gasteiger partial charge is 0.497 e. The van der Waals surface area contributed by atoms with Crippen LogP contribution in [0.2, 0.25) is 5.02 Å². The van der Waals surface area contributed by atoms with E-state index in [1.165, 1.54) is 38.6 Å². The first kappa shape index (κ1) is 20.9. The van der Waals surface area contributed by atoms with E-state index in [4.69, 9.17) is 25.5 Å². The van der Waals surface area contributed by atoms with Crippen molar-refractivity contribution in [1.29, 1.82) is 0 Å². The lowest BCUT2D eigenvalue weighted by Gasteiger charge is -2.07. The van der Waals surface area contributed by atoms with Gasteiger partial charge in [0.2, 0.25) is 0 Å². The normalized spacial score (nSPS) is 10.8. The van der Waals surface area contributed by atoms with Gasteiger partial charge in [0, 0.05) is 29.3 Å². The quantitative estimate of drug-likeness (QED) is 0.340. The van der Waals surface area contributed by atoms with Crippen LogP contribution in [0.3, 0.4) is 0 Å². The number of nitrogens with zero attached hydrogens (tertiary/aromatic N) is 2. The maximum absolute atomic E-state index is 12.3. The fourth-order valence-electron chi connectivity index (χ4n) is 2.54. The molecule has 1 aromatic heterocycles. The summed E-state index contributed by atoms with van der Waals surface area (Å²) in [6.07, 6.45) is 1.32. The molecule has 1 heterocycles. The summed E-state index contributed by atoms with van der Waals surface area (Å²) in [7, 11) is 2.97. The lowest BCUT2D eigenvalue weighted by Crippen LogP contribution is -2.17. The van der Waals surface area contributed by atoms with E-state index >= 15 is 0 Å². The van der Waals surface area contributed by atoms with Crippen LogP contribution in [0.1, 0.15) is 16.1 Å². The van der Waals surface area contributed by atoms with Gasteiger partial charge in [0.1, 0.15) is 23.0 Å². The standard InChI is InChI=1S/C20H16ClN3O6/c1-28-15-7-12(8-16(10-15)29-2)20(25)23-22-11-14-4-6-19(30-14)17-5-3-13(24(26)27)9-18(17)21/h3-11H,1-2H3,(H,23,25). The molecule has 0 saturated carbocycles. The molecule has 2 aromatic carbocycles. The zero-order valence-electron chi connectivity index (χ0n) is 15.9. The highest BCUT2D eigenvalue weighted by Gasteiger charge is 2.13. The van der Waals surface area contributed by atoms with Gasteiger partial charge in [-0.3, -0.25) is 14.9 Å². The van der Waals surface area contributed by atoms with Crippen LogP contribution in [0.4, 0.5) is 5.69 Å². The molecule has 0 unspecified atom stereocenters. The predicted octanol–water partition coefficient (Wildman–Crippen LogP) is 4.29. The van der Waals surface area contributed by atoms with Crippen molar-refractivity contribution in [3.63, 3.8) is 0 Å². The molecule has 3 aromatic rings. The molecule has 30 heavy (non-hydrogen) atoms. The van der Waals surface area contributed by atoms with E-state index in [-0.39, 0.29) is 10.7 Å². The summed E-state index contributed by atoms with van der Waals surface area (Å²) in [5, 5.41) is 14.9. The zero-order valence-corrected chi connectivity index (χ0v) is 16.7. The summed E-state index contributed by atoms with van der Waals surface area (Å²) in [5.74, 6) is 1.23. The number of halogens is 1. The van der Waals surface area contributed by atoms with Crippen LogP contribution in [0.25, 0.3) is 11.3 Å². The number of nitrogens with one attached hydrogen (secondary N) is 1. The fraction of sp³-hybridized carbons (Fsp3) is 0.100. The molecule has 0 atom stereocenters. The lowest BCUT2D eigenvalue weighted by atomic mass is 10.1. The number of nitro benzene ring substituents is 1. The minimum absolute atomic E-state index is 0.117. The van der Waals surface area contributed by atoms with E-state index < -0.39 is 10.8 Å². The molecule has 1 N–H and O–H groups in total. The Hall–Kier alpha value is -3.85. The molecule has 0 fully saturated rings.